The van der Waals surface area contributed by atoms with Gasteiger partial charge in [-0.05, 0) is 31.5 Å². The molecule has 1 aromatic carbocycles. The quantitative estimate of drug-likeness (QED) is 0.836. The molecule has 0 aliphatic heterocycles. The van der Waals surface area contributed by atoms with Crippen LogP contribution in [-0.2, 0) is 14.8 Å². The molecule has 1 rings (SSSR count). The van der Waals surface area contributed by atoms with E-state index in [1.165, 1.54) is 19.1 Å². The highest BCUT2D eigenvalue weighted by Gasteiger charge is 2.21. The first-order valence-corrected chi connectivity index (χ1v) is 7.94. The maximum absolute atomic E-state index is 13.1. The first kappa shape index (κ1) is 16.7. The fourth-order valence-electron chi connectivity index (χ4n) is 1.60. The van der Waals surface area contributed by atoms with Crippen LogP contribution in [0.3, 0.4) is 0 Å². The normalized spacial score (nSPS) is 11.3. The van der Waals surface area contributed by atoms with Crippen LogP contribution in [0.15, 0.2) is 18.2 Å². The summed E-state index contributed by atoms with van der Waals surface area (Å²) < 4.78 is 38.2. The molecular weight excluding hydrogens is 309 g/mol. The standard InChI is InChI=1S/C12H15ClFNO4S/c1-2-20(18,19)15(7-3-4-12(16)17)9-5-6-11(14)10(13)8-9/h5-6,8H,2-4,7H2,1H3,(H,16,17). The average molecular weight is 324 g/mol. The van der Waals surface area contributed by atoms with Crippen LogP contribution >= 0.6 is 11.6 Å². The van der Waals surface area contributed by atoms with Crippen molar-refractivity contribution < 1.29 is 22.7 Å². The van der Waals surface area contributed by atoms with Crippen LogP contribution in [0.4, 0.5) is 10.1 Å². The Morgan fingerprint density at radius 1 is 1.45 bits per heavy atom. The number of halogens is 2. The summed E-state index contributed by atoms with van der Waals surface area (Å²) in [6, 6.07) is 3.59. The lowest BCUT2D eigenvalue weighted by atomic mass is 10.2. The second kappa shape index (κ2) is 6.90. The van der Waals surface area contributed by atoms with E-state index >= 15 is 0 Å². The molecule has 0 fully saturated rings. The number of aliphatic carboxylic acids is 1. The molecule has 0 aromatic heterocycles. The number of carbonyl (C=O) groups is 1. The molecular formula is C12H15ClFNO4S. The van der Waals surface area contributed by atoms with E-state index in [1.807, 2.05) is 0 Å². The average Bonchev–Trinajstić information content (AvgIpc) is 2.37. The van der Waals surface area contributed by atoms with Crippen LogP contribution in [0.1, 0.15) is 19.8 Å². The number of nitrogens with zero attached hydrogens (tertiary/aromatic N) is 1. The highest BCUT2D eigenvalue weighted by Crippen LogP contribution is 2.25. The Kier molecular flexibility index (Phi) is 5.76. The van der Waals surface area contributed by atoms with E-state index in [4.69, 9.17) is 16.7 Å². The summed E-state index contributed by atoms with van der Waals surface area (Å²) in [5.41, 5.74) is 0.226. The zero-order valence-corrected chi connectivity index (χ0v) is 12.4. The van der Waals surface area contributed by atoms with Crippen molar-refractivity contribution in [2.75, 3.05) is 16.6 Å². The monoisotopic (exact) mass is 323 g/mol. The maximum atomic E-state index is 13.1. The topological polar surface area (TPSA) is 74.7 Å². The number of carboxylic acid groups (broad SMARTS) is 1. The molecule has 0 saturated carbocycles. The lowest BCUT2D eigenvalue weighted by Crippen LogP contribution is -2.33. The minimum atomic E-state index is -3.58. The molecule has 0 aliphatic carbocycles. The second-order valence-corrected chi connectivity index (χ2v) is 6.66. The molecule has 0 atom stereocenters. The van der Waals surface area contributed by atoms with Gasteiger partial charge >= 0.3 is 5.97 Å². The predicted octanol–water partition coefficient (Wildman–Crippen LogP) is 2.50. The SMILES string of the molecule is CCS(=O)(=O)N(CCCC(=O)O)c1ccc(F)c(Cl)c1. The number of sulfonamides is 1. The summed E-state index contributed by atoms with van der Waals surface area (Å²) in [4.78, 5) is 10.5. The van der Waals surface area contributed by atoms with Crippen molar-refractivity contribution in [2.24, 2.45) is 0 Å². The second-order valence-electron chi connectivity index (χ2n) is 4.07. The third kappa shape index (κ3) is 4.35. The van der Waals surface area contributed by atoms with Crippen LogP contribution < -0.4 is 4.31 Å². The van der Waals surface area contributed by atoms with Crippen LogP contribution in [0.5, 0.6) is 0 Å². The van der Waals surface area contributed by atoms with Crippen LogP contribution in [0.2, 0.25) is 5.02 Å². The minimum Gasteiger partial charge on any atom is -0.481 e. The molecule has 1 aromatic rings. The van der Waals surface area contributed by atoms with E-state index in [2.05, 4.69) is 0 Å². The van der Waals surface area contributed by atoms with Gasteiger partial charge in [-0.25, -0.2) is 12.8 Å². The number of carboxylic acids is 1. The molecule has 1 N–H and O–H groups in total. The van der Waals surface area contributed by atoms with Crippen molar-refractivity contribution >= 4 is 33.3 Å². The molecule has 112 valence electrons. The molecule has 0 aliphatic rings. The first-order chi connectivity index (χ1) is 9.27. The molecule has 8 heteroatoms. The Balaban J connectivity index is 3.04. The lowest BCUT2D eigenvalue weighted by molar-refractivity contribution is -0.137. The van der Waals surface area contributed by atoms with E-state index < -0.39 is 21.8 Å². The third-order valence-corrected chi connectivity index (χ3v) is 4.73. The number of hydrogen-bond donors (Lipinski definition) is 1. The zero-order chi connectivity index (χ0) is 15.3. The summed E-state index contributed by atoms with van der Waals surface area (Å²) >= 11 is 5.65. The molecule has 0 saturated heterocycles. The Bertz CT molecular complexity index is 591. The summed E-state index contributed by atoms with van der Waals surface area (Å²) in [7, 11) is -3.58. The van der Waals surface area contributed by atoms with Gasteiger partial charge < -0.3 is 5.11 Å². The Hall–Kier alpha value is -1.34. The summed E-state index contributed by atoms with van der Waals surface area (Å²) in [5.74, 6) is -1.79. The molecule has 0 spiro atoms. The summed E-state index contributed by atoms with van der Waals surface area (Å²) in [6.07, 6.45) is 0.00815. The van der Waals surface area contributed by atoms with Gasteiger partial charge in [-0.3, -0.25) is 9.10 Å². The maximum Gasteiger partial charge on any atom is 0.303 e. The van der Waals surface area contributed by atoms with Crippen molar-refractivity contribution in [3.8, 4) is 0 Å². The van der Waals surface area contributed by atoms with E-state index in [0.29, 0.717) is 0 Å². The summed E-state index contributed by atoms with van der Waals surface area (Å²) in [5, 5.41) is 8.42. The van der Waals surface area contributed by atoms with Gasteiger partial charge in [-0.15, -0.1) is 0 Å². The van der Waals surface area contributed by atoms with Gasteiger partial charge in [-0.1, -0.05) is 11.6 Å². The van der Waals surface area contributed by atoms with Crippen LogP contribution in [-0.4, -0.2) is 31.8 Å². The Labute approximate surface area is 122 Å². The molecule has 0 bridgehead atoms. The lowest BCUT2D eigenvalue weighted by Gasteiger charge is -2.23. The van der Waals surface area contributed by atoms with Crippen molar-refractivity contribution in [1.29, 1.82) is 0 Å². The number of benzene rings is 1. The fourth-order valence-corrected chi connectivity index (χ4v) is 2.93. The number of rotatable bonds is 7. The smallest absolute Gasteiger partial charge is 0.303 e. The van der Waals surface area contributed by atoms with Crippen molar-refractivity contribution in [3.63, 3.8) is 0 Å². The van der Waals surface area contributed by atoms with Gasteiger partial charge in [0.2, 0.25) is 10.0 Å². The zero-order valence-electron chi connectivity index (χ0n) is 10.8. The molecule has 0 radical (unpaired) electrons. The van der Waals surface area contributed by atoms with E-state index in [-0.39, 0.29) is 35.8 Å². The minimum absolute atomic E-state index is 0.00440. The van der Waals surface area contributed by atoms with Gasteiger partial charge in [0.05, 0.1) is 16.5 Å². The molecule has 0 unspecified atom stereocenters. The van der Waals surface area contributed by atoms with Crippen molar-refractivity contribution in [3.05, 3.63) is 29.0 Å². The molecule has 5 nitrogen and oxygen atoms in total. The van der Waals surface area contributed by atoms with Crippen LogP contribution in [0, 0.1) is 5.82 Å². The largest absolute Gasteiger partial charge is 0.481 e. The highest BCUT2D eigenvalue weighted by molar-refractivity contribution is 7.92. The predicted molar refractivity (Wildman–Crippen MR) is 75.1 cm³/mol. The van der Waals surface area contributed by atoms with E-state index in [0.717, 1.165) is 10.4 Å². The van der Waals surface area contributed by atoms with Gasteiger partial charge in [0.1, 0.15) is 5.82 Å². The van der Waals surface area contributed by atoms with Crippen molar-refractivity contribution in [2.45, 2.75) is 19.8 Å². The van der Waals surface area contributed by atoms with E-state index in [9.17, 15) is 17.6 Å². The Morgan fingerprint density at radius 3 is 2.60 bits per heavy atom. The summed E-state index contributed by atoms with van der Waals surface area (Å²) in [6.45, 7) is 1.48. The van der Waals surface area contributed by atoms with Gasteiger partial charge in [0.15, 0.2) is 0 Å². The molecule has 0 heterocycles. The third-order valence-electron chi connectivity index (χ3n) is 2.64. The first-order valence-electron chi connectivity index (χ1n) is 5.95. The number of hydrogen-bond acceptors (Lipinski definition) is 3. The Morgan fingerprint density at radius 2 is 2.10 bits per heavy atom. The molecule has 20 heavy (non-hydrogen) atoms. The van der Waals surface area contributed by atoms with Crippen molar-refractivity contribution in [1.82, 2.24) is 0 Å². The fraction of sp³-hybridized carbons (Fsp3) is 0.417. The van der Waals surface area contributed by atoms with Gasteiger partial charge in [0, 0.05) is 13.0 Å². The highest BCUT2D eigenvalue weighted by atomic mass is 35.5. The number of anilines is 1. The van der Waals surface area contributed by atoms with E-state index in [1.54, 1.807) is 0 Å². The van der Waals surface area contributed by atoms with Crippen LogP contribution in [0.25, 0.3) is 0 Å². The van der Waals surface area contributed by atoms with Gasteiger partial charge in [0.25, 0.3) is 0 Å². The van der Waals surface area contributed by atoms with Gasteiger partial charge in [-0.2, -0.15) is 0 Å². The molecule has 0 amide bonds.